The largest absolute Gasteiger partial charge is 0.380 e. The van der Waals surface area contributed by atoms with Gasteiger partial charge in [-0.2, -0.15) is 0 Å². The van der Waals surface area contributed by atoms with Crippen LogP contribution in [-0.2, 0) is 9.47 Å². The quantitative estimate of drug-likeness (QED) is 0.448. The summed E-state index contributed by atoms with van der Waals surface area (Å²) in [4.78, 5) is 6.89. The number of hydrogen-bond acceptors (Lipinski definition) is 4. The topological polar surface area (TPSA) is 34.6 Å². The van der Waals surface area contributed by atoms with Crippen LogP contribution in [0.15, 0.2) is 71.7 Å². The molecule has 0 radical (unpaired) electrons. The first-order valence-corrected chi connectivity index (χ1v) is 14.8. The van der Waals surface area contributed by atoms with E-state index >= 15 is 0 Å². The molecular formula is C34H40N2O2. The van der Waals surface area contributed by atoms with Gasteiger partial charge in [-0.25, -0.2) is 0 Å². The van der Waals surface area contributed by atoms with Crippen molar-refractivity contribution >= 4 is 10.8 Å². The minimum atomic E-state index is -0.207. The molecule has 2 bridgehead atoms. The zero-order chi connectivity index (χ0) is 25.8. The monoisotopic (exact) mass is 508 g/mol. The second-order valence-corrected chi connectivity index (χ2v) is 13.9. The number of rotatable bonds is 4. The molecule has 2 saturated heterocycles. The van der Waals surface area contributed by atoms with Crippen molar-refractivity contribution in [1.82, 2.24) is 9.88 Å². The Kier molecular flexibility index (Phi) is 4.83. The number of benzene rings is 1. The lowest BCUT2D eigenvalue weighted by molar-refractivity contribution is -0.115. The lowest BCUT2D eigenvalue weighted by atomic mass is 9.58. The van der Waals surface area contributed by atoms with Gasteiger partial charge in [-0.3, -0.25) is 4.98 Å². The van der Waals surface area contributed by atoms with Crippen LogP contribution < -0.4 is 0 Å². The third-order valence-corrected chi connectivity index (χ3v) is 11.4. The molecule has 0 amide bonds. The van der Waals surface area contributed by atoms with Crippen molar-refractivity contribution in [2.24, 2.45) is 16.7 Å². The van der Waals surface area contributed by atoms with Crippen LogP contribution >= 0.6 is 0 Å². The summed E-state index contributed by atoms with van der Waals surface area (Å²) in [7, 11) is 2.28. The van der Waals surface area contributed by atoms with Crippen LogP contribution in [0.1, 0.15) is 70.3 Å². The van der Waals surface area contributed by atoms with Crippen molar-refractivity contribution in [3.8, 4) is 0 Å². The van der Waals surface area contributed by atoms with Gasteiger partial charge in [0, 0.05) is 42.5 Å². The van der Waals surface area contributed by atoms with Crippen molar-refractivity contribution in [2.75, 3.05) is 26.8 Å². The van der Waals surface area contributed by atoms with E-state index < -0.39 is 0 Å². The van der Waals surface area contributed by atoms with Gasteiger partial charge in [0.25, 0.3) is 0 Å². The van der Waals surface area contributed by atoms with Crippen LogP contribution in [0.2, 0.25) is 0 Å². The molecule has 1 aromatic carbocycles. The average Bonchev–Trinajstić information content (AvgIpc) is 3.42. The molecule has 4 heterocycles. The predicted octanol–water partition coefficient (Wildman–Crippen LogP) is 6.94. The van der Waals surface area contributed by atoms with E-state index in [1.54, 1.807) is 0 Å². The van der Waals surface area contributed by atoms with E-state index in [1.807, 2.05) is 12.4 Å². The van der Waals surface area contributed by atoms with Gasteiger partial charge < -0.3 is 14.4 Å². The number of nitrogens with zero attached hydrogens (tertiary/aromatic N) is 2. The molecule has 0 N–H and O–H groups in total. The van der Waals surface area contributed by atoms with Gasteiger partial charge in [0.2, 0.25) is 0 Å². The van der Waals surface area contributed by atoms with Gasteiger partial charge in [-0.1, -0.05) is 38.1 Å². The normalized spacial score (nSPS) is 38.3. The third-order valence-electron chi connectivity index (χ3n) is 11.4. The van der Waals surface area contributed by atoms with Gasteiger partial charge in [-0.15, -0.1) is 0 Å². The summed E-state index contributed by atoms with van der Waals surface area (Å²) < 4.78 is 13.0. The van der Waals surface area contributed by atoms with Crippen LogP contribution in [0.3, 0.4) is 0 Å². The number of aromatic nitrogens is 1. The predicted molar refractivity (Wildman–Crippen MR) is 151 cm³/mol. The number of fused-ring (bicyclic) bond motifs is 2. The summed E-state index contributed by atoms with van der Waals surface area (Å²) in [5.41, 5.74) is 6.13. The fourth-order valence-corrected chi connectivity index (χ4v) is 9.42. The van der Waals surface area contributed by atoms with Crippen LogP contribution in [0.5, 0.6) is 0 Å². The van der Waals surface area contributed by atoms with Gasteiger partial charge in [0.15, 0.2) is 0 Å². The SMILES string of the molecule is CN(CC1(C)COC1)C1=C[C@@]23CC[C@@]4(O2)C(=CCC2(C)[C@@H](c5ccc6ccncc6c5)CC[C@H]24)C=C3CC1. The highest BCUT2D eigenvalue weighted by atomic mass is 16.5. The molecule has 6 aliphatic rings. The Morgan fingerprint density at radius 3 is 2.79 bits per heavy atom. The Balaban J connectivity index is 1.13. The van der Waals surface area contributed by atoms with E-state index in [9.17, 15) is 0 Å². The van der Waals surface area contributed by atoms with Crippen molar-refractivity contribution < 1.29 is 9.47 Å². The lowest BCUT2D eigenvalue weighted by Crippen LogP contribution is -2.53. The van der Waals surface area contributed by atoms with Gasteiger partial charge in [0.1, 0.15) is 5.60 Å². The Morgan fingerprint density at radius 1 is 1.05 bits per heavy atom. The highest BCUT2D eigenvalue weighted by molar-refractivity contribution is 5.82. The van der Waals surface area contributed by atoms with Crippen molar-refractivity contribution in [1.29, 1.82) is 0 Å². The maximum absolute atomic E-state index is 7.49. The summed E-state index contributed by atoms with van der Waals surface area (Å²) >= 11 is 0. The molecule has 8 rings (SSSR count). The maximum atomic E-state index is 7.49. The van der Waals surface area contributed by atoms with Gasteiger partial charge >= 0.3 is 0 Å². The molecule has 3 aliphatic carbocycles. The van der Waals surface area contributed by atoms with Gasteiger partial charge in [0.05, 0.1) is 18.8 Å². The number of hydrogen-bond donors (Lipinski definition) is 0. The standard InChI is InChI=1S/C34H40N2O2/c1-31(21-37-22-31)20-36(3)28-7-6-26-17-27-10-12-32(2)29(24-5-4-23-11-15-35-19-25(23)16-24)8-9-30(32)34(27)14-13-33(26,18-28)38-34/h4-5,10-11,15-19,29-30H,6-9,12-14,20-22H2,1-3H3/t29-,30-,32?,33-,34-/m1/s1. The second kappa shape index (κ2) is 7.82. The highest BCUT2D eigenvalue weighted by Gasteiger charge is 2.66. The summed E-state index contributed by atoms with van der Waals surface area (Å²) in [5.74, 6) is 1.12. The molecule has 2 spiro atoms. The van der Waals surface area contributed by atoms with E-state index in [2.05, 4.69) is 73.3 Å². The van der Waals surface area contributed by atoms with Crippen molar-refractivity contribution in [2.45, 2.75) is 75.9 Å². The minimum Gasteiger partial charge on any atom is -0.380 e. The molecule has 4 nitrogen and oxygen atoms in total. The molecule has 3 fully saturated rings. The molecule has 3 aliphatic heterocycles. The Bertz CT molecular complexity index is 1420. The average molecular weight is 509 g/mol. The molecule has 2 aromatic rings. The second-order valence-electron chi connectivity index (χ2n) is 13.9. The van der Waals surface area contributed by atoms with Crippen LogP contribution in [0.25, 0.3) is 10.8 Å². The van der Waals surface area contributed by atoms with Crippen molar-refractivity contribution in [3.63, 3.8) is 0 Å². The molecule has 5 atom stereocenters. The summed E-state index contributed by atoms with van der Waals surface area (Å²) in [5, 5.41) is 2.54. The first-order valence-electron chi connectivity index (χ1n) is 14.8. The van der Waals surface area contributed by atoms with E-state index in [4.69, 9.17) is 9.47 Å². The summed E-state index contributed by atoms with van der Waals surface area (Å²) in [6.07, 6.45) is 19.7. The Labute approximate surface area is 226 Å². The maximum Gasteiger partial charge on any atom is 0.111 e. The molecule has 4 heteroatoms. The molecular weight excluding hydrogens is 468 g/mol. The minimum absolute atomic E-state index is 0.130. The van der Waals surface area contributed by atoms with Crippen LogP contribution in [-0.4, -0.2) is 47.9 Å². The smallest absolute Gasteiger partial charge is 0.111 e. The summed E-state index contributed by atoms with van der Waals surface area (Å²) in [6.45, 7) is 7.74. The first-order chi connectivity index (χ1) is 18.3. The van der Waals surface area contributed by atoms with Crippen LogP contribution in [0.4, 0.5) is 0 Å². The third kappa shape index (κ3) is 3.14. The van der Waals surface area contributed by atoms with Crippen molar-refractivity contribution in [3.05, 3.63) is 77.3 Å². The van der Waals surface area contributed by atoms with E-state index in [0.29, 0.717) is 11.8 Å². The molecule has 1 saturated carbocycles. The summed E-state index contributed by atoms with van der Waals surface area (Å²) in [6, 6.07) is 9.21. The molecule has 38 heavy (non-hydrogen) atoms. The number of ether oxygens (including phenoxy) is 2. The zero-order valence-corrected chi connectivity index (χ0v) is 23.1. The molecule has 1 aromatic heterocycles. The molecule has 1 unspecified atom stereocenters. The fourth-order valence-electron chi connectivity index (χ4n) is 9.42. The van der Waals surface area contributed by atoms with Gasteiger partial charge in [-0.05, 0) is 103 Å². The first kappa shape index (κ1) is 23.5. The Hall–Kier alpha value is -2.43. The number of pyridine rings is 1. The number of allylic oxidation sites excluding steroid dienone is 2. The fraction of sp³-hybridized carbons (Fsp3) is 0.559. The lowest BCUT2D eigenvalue weighted by Gasteiger charge is -2.53. The zero-order valence-electron chi connectivity index (χ0n) is 23.1. The van der Waals surface area contributed by atoms with E-state index in [0.717, 1.165) is 51.9 Å². The van der Waals surface area contributed by atoms with Crippen LogP contribution in [0, 0.1) is 16.7 Å². The van der Waals surface area contributed by atoms with E-state index in [1.165, 1.54) is 46.0 Å². The molecule has 198 valence electrons. The van der Waals surface area contributed by atoms with E-state index in [-0.39, 0.29) is 22.0 Å². The Morgan fingerprint density at radius 2 is 1.95 bits per heavy atom. The highest BCUT2D eigenvalue weighted by Crippen LogP contribution is 2.69.